The first-order valence-corrected chi connectivity index (χ1v) is 7.16. The Morgan fingerprint density at radius 3 is 2.89 bits per heavy atom. The zero-order valence-corrected chi connectivity index (χ0v) is 10.9. The molecule has 2 aliphatic carbocycles. The third kappa shape index (κ3) is 1.76. The molecule has 0 amide bonds. The van der Waals surface area contributed by atoms with Gasteiger partial charge in [0.2, 0.25) is 0 Å². The summed E-state index contributed by atoms with van der Waals surface area (Å²) in [6.45, 7) is 2.16. The second kappa shape index (κ2) is 3.86. The molecule has 18 heavy (non-hydrogen) atoms. The Hall–Kier alpha value is -1.28. The second-order valence-corrected chi connectivity index (χ2v) is 6.01. The first-order valence-electron chi connectivity index (χ1n) is 7.16. The third-order valence-corrected chi connectivity index (χ3v) is 4.39. The molecule has 4 rings (SSSR count). The van der Waals surface area contributed by atoms with E-state index in [0.717, 1.165) is 6.04 Å². The van der Waals surface area contributed by atoms with E-state index in [1.54, 1.807) is 5.56 Å². The Morgan fingerprint density at radius 2 is 2.06 bits per heavy atom. The molecule has 0 radical (unpaired) electrons. The molecule has 0 aliphatic heterocycles. The molecule has 2 aromatic rings. The van der Waals surface area contributed by atoms with Gasteiger partial charge >= 0.3 is 0 Å². The summed E-state index contributed by atoms with van der Waals surface area (Å²) in [7, 11) is 0. The molecule has 0 spiro atoms. The van der Waals surface area contributed by atoms with Crippen LogP contribution in [0.15, 0.2) is 18.2 Å². The summed E-state index contributed by atoms with van der Waals surface area (Å²) in [6, 6.07) is 8.32. The van der Waals surface area contributed by atoms with Crippen molar-refractivity contribution in [3.8, 4) is 0 Å². The minimum atomic E-state index is 0.699. The highest BCUT2D eigenvalue weighted by atomic mass is 15.0. The van der Waals surface area contributed by atoms with Gasteiger partial charge in [-0.2, -0.15) is 0 Å². The summed E-state index contributed by atoms with van der Waals surface area (Å²) < 4.78 is 0. The number of benzene rings is 1. The summed E-state index contributed by atoms with van der Waals surface area (Å²) >= 11 is 0. The number of nitrogens with one attached hydrogen (secondary N) is 2. The molecule has 0 bridgehead atoms. The molecule has 2 aliphatic rings. The Bertz CT molecular complexity index is 592. The van der Waals surface area contributed by atoms with Crippen LogP contribution in [-0.2, 0) is 12.8 Å². The molecule has 1 unspecified atom stereocenters. The fourth-order valence-electron chi connectivity index (χ4n) is 3.26. The lowest BCUT2D eigenvalue weighted by molar-refractivity contribution is 0.455. The third-order valence-electron chi connectivity index (χ3n) is 4.39. The van der Waals surface area contributed by atoms with E-state index in [1.165, 1.54) is 54.3 Å². The van der Waals surface area contributed by atoms with Crippen molar-refractivity contribution in [1.82, 2.24) is 10.3 Å². The molecule has 2 N–H and O–H groups in total. The lowest BCUT2D eigenvalue weighted by atomic mass is 9.91. The first kappa shape index (κ1) is 10.6. The Labute approximate surface area is 108 Å². The molecule has 2 heteroatoms. The maximum atomic E-state index is 3.79. The molecule has 1 aromatic carbocycles. The van der Waals surface area contributed by atoms with Gasteiger partial charge in [0.15, 0.2) is 0 Å². The van der Waals surface area contributed by atoms with Crippen molar-refractivity contribution >= 4 is 10.9 Å². The normalized spacial score (nSPS) is 23.3. The van der Waals surface area contributed by atoms with Crippen LogP contribution < -0.4 is 5.32 Å². The maximum absolute atomic E-state index is 3.79. The van der Waals surface area contributed by atoms with Crippen molar-refractivity contribution in [1.29, 1.82) is 0 Å². The topological polar surface area (TPSA) is 27.8 Å². The van der Waals surface area contributed by atoms with Crippen LogP contribution in [0.4, 0.5) is 0 Å². The van der Waals surface area contributed by atoms with Gasteiger partial charge in [-0.25, -0.2) is 0 Å². The summed E-state index contributed by atoms with van der Waals surface area (Å²) in [4.78, 5) is 3.62. The maximum Gasteiger partial charge on any atom is 0.0461 e. The standard InChI is InChI=1S/C16H20N2/c1-10-2-6-13-14-9-12(17-11-3-4-11)5-7-15(14)18-16(13)8-10/h2,6,8,11-12,17-18H,3-5,7,9H2,1H3. The highest BCUT2D eigenvalue weighted by molar-refractivity contribution is 5.85. The number of aromatic nitrogens is 1. The lowest BCUT2D eigenvalue weighted by Gasteiger charge is -2.23. The van der Waals surface area contributed by atoms with Crippen molar-refractivity contribution in [2.45, 2.75) is 51.1 Å². The molecular weight excluding hydrogens is 220 g/mol. The monoisotopic (exact) mass is 240 g/mol. The zero-order chi connectivity index (χ0) is 12.1. The molecule has 0 saturated heterocycles. The summed E-state index contributed by atoms with van der Waals surface area (Å²) in [6.07, 6.45) is 6.46. The number of H-pyrrole nitrogens is 1. The Morgan fingerprint density at radius 1 is 1.17 bits per heavy atom. The number of hydrogen-bond acceptors (Lipinski definition) is 1. The van der Waals surface area contributed by atoms with E-state index >= 15 is 0 Å². The molecule has 1 aromatic heterocycles. The molecule has 1 fully saturated rings. The fourth-order valence-corrected chi connectivity index (χ4v) is 3.26. The van der Waals surface area contributed by atoms with Gasteiger partial charge in [0.1, 0.15) is 0 Å². The van der Waals surface area contributed by atoms with Crippen LogP contribution in [0, 0.1) is 6.92 Å². The average Bonchev–Trinajstić information content (AvgIpc) is 3.09. The molecule has 94 valence electrons. The van der Waals surface area contributed by atoms with Crippen LogP contribution in [0.3, 0.4) is 0 Å². The van der Waals surface area contributed by atoms with Crippen LogP contribution >= 0.6 is 0 Å². The first-order chi connectivity index (χ1) is 8.79. The Balaban J connectivity index is 1.70. The average molecular weight is 240 g/mol. The summed E-state index contributed by atoms with van der Waals surface area (Å²) in [5, 5.41) is 5.23. The predicted molar refractivity (Wildman–Crippen MR) is 75.0 cm³/mol. The van der Waals surface area contributed by atoms with E-state index in [0.29, 0.717) is 6.04 Å². The van der Waals surface area contributed by atoms with Crippen LogP contribution in [0.2, 0.25) is 0 Å². The predicted octanol–water partition coefficient (Wildman–Crippen LogP) is 3.09. The van der Waals surface area contributed by atoms with E-state index in [-0.39, 0.29) is 0 Å². The number of rotatable bonds is 2. The van der Waals surface area contributed by atoms with E-state index in [2.05, 4.69) is 35.4 Å². The van der Waals surface area contributed by atoms with Crippen LogP contribution in [-0.4, -0.2) is 17.1 Å². The fraction of sp³-hybridized carbons (Fsp3) is 0.500. The Kier molecular flexibility index (Phi) is 2.28. The molecule has 1 heterocycles. The number of hydrogen-bond donors (Lipinski definition) is 2. The van der Waals surface area contributed by atoms with Crippen molar-refractivity contribution in [2.75, 3.05) is 0 Å². The van der Waals surface area contributed by atoms with Crippen molar-refractivity contribution in [3.05, 3.63) is 35.0 Å². The molecule has 2 nitrogen and oxygen atoms in total. The van der Waals surface area contributed by atoms with Gasteiger partial charge < -0.3 is 10.3 Å². The van der Waals surface area contributed by atoms with Gasteiger partial charge in [-0.1, -0.05) is 12.1 Å². The smallest absolute Gasteiger partial charge is 0.0461 e. The van der Waals surface area contributed by atoms with E-state index in [4.69, 9.17) is 0 Å². The van der Waals surface area contributed by atoms with Crippen LogP contribution in [0.25, 0.3) is 10.9 Å². The molecule has 1 saturated carbocycles. The van der Waals surface area contributed by atoms with Gasteiger partial charge in [0, 0.05) is 28.7 Å². The van der Waals surface area contributed by atoms with Crippen LogP contribution in [0.1, 0.15) is 36.1 Å². The van der Waals surface area contributed by atoms with E-state index in [1.807, 2.05) is 0 Å². The summed E-state index contributed by atoms with van der Waals surface area (Å²) in [5.41, 5.74) is 5.71. The van der Waals surface area contributed by atoms with Gasteiger partial charge in [-0.3, -0.25) is 0 Å². The minimum Gasteiger partial charge on any atom is -0.358 e. The largest absolute Gasteiger partial charge is 0.358 e. The number of fused-ring (bicyclic) bond motifs is 3. The van der Waals surface area contributed by atoms with Gasteiger partial charge in [-0.15, -0.1) is 0 Å². The van der Waals surface area contributed by atoms with Gasteiger partial charge in [-0.05, 0) is 56.2 Å². The number of aryl methyl sites for hydroxylation is 2. The molecular formula is C16H20N2. The highest BCUT2D eigenvalue weighted by Gasteiger charge is 2.28. The van der Waals surface area contributed by atoms with E-state index < -0.39 is 0 Å². The quantitative estimate of drug-likeness (QED) is 0.829. The minimum absolute atomic E-state index is 0.699. The molecule has 1 atom stereocenters. The second-order valence-electron chi connectivity index (χ2n) is 6.01. The van der Waals surface area contributed by atoms with Crippen molar-refractivity contribution < 1.29 is 0 Å². The van der Waals surface area contributed by atoms with Crippen molar-refractivity contribution in [2.24, 2.45) is 0 Å². The number of aromatic amines is 1. The van der Waals surface area contributed by atoms with Crippen molar-refractivity contribution in [3.63, 3.8) is 0 Å². The lowest BCUT2D eigenvalue weighted by Crippen LogP contribution is -2.35. The highest BCUT2D eigenvalue weighted by Crippen LogP contribution is 2.31. The van der Waals surface area contributed by atoms with E-state index in [9.17, 15) is 0 Å². The van der Waals surface area contributed by atoms with Gasteiger partial charge in [0.25, 0.3) is 0 Å². The van der Waals surface area contributed by atoms with Gasteiger partial charge in [0.05, 0.1) is 0 Å². The summed E-state index contributed by atoms with van der Waals surface area (Å²) in [5.74, 6) is 0. The van der Waals surface area contributed by atoms with Crippen LogP contribution in [0.5, 0.6) is 0 Å². The zero-order valence-electron chi connectivity index (χ0n) is 10.9. The SMILES string of the molecule is Cc1ccc2c3c([nH]c2c1)CCC(NC1CC1)C3.